The molecule has 4 heteroatoms. The van der Waals surface area contributed by atoms with Gasteiger partial charge in [-0.05, 0) is 11.6 Å². The van der Waals surface area contributed by atoms with E-state index in [1.807, 2.05) is 24.3 Å². The molecular formula is C19H18FNO2. The van der Waals surface area contributed by atoms with Gasteiger partial charge < -0.3 is 4.74 Å². The van der Waals surface area contributed by atoms with Gasteiger partial charge in [0.25, 0.3) is 0 Å². The Morgan fingerprint density at radius 2 is 1.78 bits per heavy atom. The molecule has 0 radical (unpaired) electrons. The molecule has 3 nitrogen and oxygen atoms in total. The van der Waals surface area contributed by atoms with Crippen LogP contribution >= 0.6 is 0 Å². The zero-order valence-corrected chi connectivity index (χ0v) is 12.8. The van der Waals surface area contributed by atoms with Crippen molar-refractivity contribution < 1.29 is 13.9 Å². The van der Waals surface area contributed by atoms with Crippen LogP contribution in [0.1, 0.15) is 34.3 Å². The number of esters is 1. The van der Waals surface area contributed by atoms with E-state index in [4.69, 9.17) is 4.74 Å². The van der Waals surface area contributed by atoms with Crippen molar-refractivity contribution in [2.24, 2.45) is 0 Å². The number of benzene rings is 2. The molecular weight excluding hydrogens is 293 g/mol. The van der Waals surface area contributed by atoms with Gasteiger partial charge in [-0.15, -0.1) is 0 Å². The van der Waals surface area contributed by atoms with Crippen molar-refractivity contribution in [3.05, 3.63) is 71.0 Å². The Morgan fingerprint density at radius 1 is 1.04 bits per heavy atom. The number of carbonyl (C=O) groups excluding carboxylic acids is 1. The Hall–Kier alpha value is -2.20. The fraction of sp³-hybridized carbons (Fsp3) is 0.316. The number of carbonyl (C=O) groups is 1. The quantitative estimate of drug-likeness (QED) is 0.795. The molecule has 0 amide bonds. The van der Waals surface area contributed by atoms with Crippen LogP contribution < -0.4 is 0 Å². The number of piperidine rings is 1. The first-order valence-corrected chi connectivity index (χ1v) is 7.97. The first kappa shape index (κ1) is 14.4. The van der Waals surface area contributed by atoms with Gasteiger partial charge in [0.2, 0.25) is 0 Å². The van der Waals surface area contributed by atoms with Gasteiger partial charge in [0, 0.05) is 38.0 Å². The lowest BCUT2D eigenvalue weighted by molar-refractivity contribution is -0.0441. The van der Waals surface area contributed by atoms with E-state index in [2.05, 4.69) is 17.0 Å². The lowest BCUT2D eigenvalue weighted by Gasteiger charge is -2.38. The van der Waals surface area contributed by atoms with E-state index in [0.717, 1.165) is 25.2 Å². The Labute approximate surface area is 134 Å². The molecule has 23 heavy (non-hydrogen) atoms. The highest BCUT2D eigenvalue weighted by Gasteiger charge is 2.48. The topological polar surface area (TPSA) is 29.5 Å². The zero-order valence-electron chi connectivity index (χ0n) is 12.8. The van der Waals surface area contributed by atoms with Gasteiger partial charge >= 0.3 is 5.97 Å². The second-order valence-corrected chi connectivity index (χ2v) is 6.31. The molecule has 118 valence electrons. The maximum Gasteiger partial charge on any atom is 0.342 e. The maximum absolute atomic E-state index is 13.9. The third kappa shape index (κ3) is 2.43. The van der Waals surface area contributed by atoms with Crippen molar-refractivity contribution in [1.29, 1.82) is 0 Å². The summed E-state index contributed by atoms with van der Waals surface area (Å²) < 4.78 is 19.6. The fourth-order valence-corrected chi connectivity index (χ4v) is 3.68. The number of ether oxygens (including phenoxy) is 1. The molecule has 0 N–H and O–H groups in total. The van der Waals surface area contributed by atoms with E-state index >= 15 is 0 Å². The zero-order chi connectivity index (χ0) is 15.9. The summed E-state index contributed by atoms with van der Waals surface area (Å²) in [6.45, 7) is 2.55. The molecule has 1 spiro atoms. The molecule has 2 heterocycles. The molecule has 4 rings (SSSR count). The van der Waals surface area contributed by atoms with E-state index in [9.17, 15) is 9.18 Å². The molecule has 2 aliphatic rings. The number of rotatable bonds is 2. The van der Waals surface area contributed by atoms with Gasteiger partial charge in [-0.3, -0.25) is 4.90 Å². The number of likely N-dealkylation sites (tertiary alicyclic amines) is 1. The third-order valence-electron chi connectivity index (χ3n) is 4.91. The van der Waals surface area contributed by atoms with Gasteiger partial charge in [-0.25, -0.2) is 9.18 Å². The summed E-state index contributed by atoms with van der Waals surface area (Å²) in [6, 6.07) is 15.1. The summed E-state index contributed by atoms with van der Waals surface area (Å²) in [5, 5.41) is 0. The third-order valence-corrected chi connectivity index (χ3v) is 4.91. The van der Waals surface area contributed by atoms with Gasteiger partial charge in [-0.2, -0.15) is 0 Å². The number of hydrogen-bond acceptors (Lipinski definition) is 3. The summed E-state index contributed by atoms with van der Waals surface area (Å²) in [6.07, 6.45) is 1.42. The average Bonchev–Trinajstić information content (AvgIpc) is 2.84. The molecule has 0 unspecified atom stereocenters. The molecule has 0 bridgehead atoms. The maximum atomic E-state index is 13.9. The number of hydrogen-bond donors (Lipinski definition) is 0. The highest BCUT2D eigenvalue weighted by atomic mass is 19.1. The molecule has 2 aromatic rings. The van der Waals surface area contributed by atoms with Gasteiger partial charge in [0.05, 0.1) is 0 Å². The molecule has 0 saturated carbocycles. The van der Waals surface area contributed by atoms with Crippen molar-refractivity contribution in [3.63, 3.8) is 0 Å². The molecule has 2 aromatic carbocycles. The average molecular weight is 311 g/mol. The van der Waals surface area contributed by atoms with Crippen LogP contribution in [-0.4, -0.2) is 24.0 Å². The monoisotopic (exact) mass is 311 g/mol. The highest BCUT2D eigenvalue weighted by Crippen LogP contribution is 2.44. The van der Waals surface area contributed by atoms with Crippen molar-refractivity contribution in [2.75, 3.05) is 13.1 Å². The minimum absolute atomic E-state index is 0.129. The standard InChI is InChI=1S/C19H18FNO2/c20-16-8-4-7-15-17(16)18(22)23-19(15)9-11-21(12-10-19)13-14-5-2-1-3-6-14/h1-8H,9-13H2. The van der Waals surface area contributed by atoms with E-state index in [1.165, 1.54) is 11.6 Å². The van der Waals surface area contributed by atoms with Crippen LogP contribution in [0.4, 0.5) is 4.39 Å². The van der Waals surface area contributed by atoms with Gasteiger partial charge in [-0.1, -0.05) is 42.5 Å². The lowest BCUT2D eigenvalue weighted by Crippen LogP contribution is -2.42. The van der Waals surface area contributed by atoms with Crippen LogP contribution in [0.3, 0.4) is 0 Å². The Balaban J connectivity index is 1.52. The van der Waals surface area contributed by atoms with Crippen molar-refractivity contribution in [1.82, 2.24) is 4.90 Å². The normalized spacial score (nSPS) is 19.6. The summed E-state index contributed by atoms with van der Waals surface area (Å²) >= 11 is 0. The van der Waals surface area contributed by atoms with Crippen LogP contribution in [0.15, 0.2) is 48.5 Å². The minimum Gasteiger partial charge on any atom is -0.450 e. The predicted octanol–water partition coefficient (Wildman–Crippen LogP) is 3.49. The second kappa shape index (κ2) is 5.46. The second-order valence-electron chi connectivity index (χ2n) is 6.31. The molecule has 1 fully saturated rings. The first-order valence-electron chi connectivity index (χ1n) is 7.97. The van der Waals surface area contributed by atoms with Crippen LogP contribution in [0.5, 0.6) is 0 Å². The lowest BCUT2D eigenvalue weighted by atomic mass is 9.83. The SMILES string of the molecule is O=C1OC2(CCN(Cc3ccccc3)CC2)c2cccc(F)c21. The number of fused-ring (bicyclic) bond motifs is 2. The summed E-state index contributed by atoms with van der Waals surface area (Å²) in [7, 11) is 0. The molecule has 0 atom stereocenters. The number of nitrogens with zero attached hydrogens (tertiary/aromatic N) is 1. The van der Waals surface area contributed by atoms with Gasteiger partial charge in [0.15, 0.2) is 0 Å². The van der Waals surface area contributed by atoms with E-state index in [0.29, 0.717) is 12.8 Å². The van der Waals surface area contributed by atoms with Crippen molar-refractivity contribution in [3.8, 4) is 0 Å². The summed E-state index contributed by atoms with van der Waals surface area (Å²) in [5.41, 5.74) is 1.49. The summed E-state index contributed by atoms with van der Waals surface area (Å²) in [4.78, 5) is 14.4. The molecule has 2 aliphatic heterocycles. The Kier molecular flexibility index (Phi) is 3.42. The Morgan fingerprint density at radius 3 is 2.52 bits per heavy atom. The largest absolute Gasteiger partial charge is 0.450 e. The summed E-state index contributed by atoms with van der Waals surface area (Å²) in [5.74, 6) is -0.995. The smallest absolute Gasteiger partial charge is 0.342 e. The van der Waals surface area contributed by atoms with Crippen LogP contribution in [0.2, 0.25) is 0 Å². The van der Waals surface area contributed by atoms with E-state index < -0.39 is 17.4 Å². The molecule has 0 aromatic heterocycles. The van der Waals surface area contributed by atoms with Crippen LogP contribution in [0.25, 0.3) is 0 Å². The molecule has 0 aliphatic carbocycles. The van der Waals surface area contributed by atoms with Crippen molar-refractivity contribution >= 4 is 5.97 Å². The molecule has 1 saturated heterocycles. The Bertz CT molecular complexity index is 736. The van der Waals surface area contributed by atoms with Crippen LogP contribution in [-0.2, 0) is 16.9 Å². The van der Waals surface area contributed by atoms with E-state index in [-0.39, 0.29) is 5.56 Å². The highest BCUT2D eigenvalue weighted by molar-refractivity contribution is 5.95. The van der Waals surface area contributed by atoms with E-state index in [1.54, 1.807) is 6.07 Å². The fourth-order valence-electron chi connectivity index (χ4n) is 3.68. The predicted molar refractivity (Wildman–Crippen MR) is 84.4 cm³/mol. The first-order chi connectivity index (χ1) is 11.2. The van der Waals surface area contributed by atoms with Gasteiger partial charge in [0.1, 0.15) is 17.0 Å². The minimum atomic E-state index is -0.637. The van der Waals surface area contributed by atoms with Crippen molar-refractivity contribution in [2.45, 2.75) is 25.0 Å². The van der Waals surface area contributed by atoms with Crippen LogP contribution in [0, 0.1) is 5.82 Å². The number of halogens is 1.